The van der Waals surface area contributed by atoms with Crippen LogP contribution in [-0.2, 0) is 52.1 Å². The van der Waals surface area contributed by atoms with Crippen LogP contribution in [0.2, 0.25) is 0 Å². The normalized spacial score (nSPS) is 12.1. The Bertz CT molecular complexity index is 685. The first kappa shape index (κ1) is 41.6. The number of hydrogen-bond donors (Lipinski definition) is 0. The monoisotopic (exact) mass is 648 g/mol. The molecule has 1 atom stereocenters. The van der Waals surface area contributed by atoms with Gasteiger partial charge in [0.05, 0.1) is 139 Å². The third-order valence-electron chi connectivity index (χ3n) is 6.06. The zero-order chi connectivity index (χ0) is 32.1. The molecule has 0 fully saturated rings. The molecule has 0 aliphatic rings. The van der Waals surface area contributed by atoms with E-state index in [9.17, 15) is 0 Å². The van der Waals surface area contributed by atoms with Crippen LogP contribution in [0.25, 0.3) is 0 Å². The van der Waals surface area contributed by atoms with Crippen molar-refractivity contribution in [2.45, 2.75) is 20.3 Å². The fourth-order valence-corrected chi connectivity index (χ4v) is 3.34. The molecule has 0 radical (unpaired) electrons. The van der Waals surface area contributed by atoms with Gasteiger partial charge in [-0.05, 0) is 18.1 Å². The predicted molar refractivity (Wildman–Crippen MR) is 170 cm³/mol. The molecule has 0 aliphatic heterocycles. The van der Waals surface area contributed by atoms with Crippen molar-refractivity contribution in [3.05, 3.63) is 30.3 Å². The first-order chi connectivity index (χ1) is 22.3. The van der Waals surface area contributed by atoms with Crippen LogP contribution in [0.1, 0.15) is 20.3 Å². The highest BCUT2D eigenvalue weighted by Crippen LogP contribution is 2.07. The summed E-state index contributed by atoms with van der Waals surface area (Å²) in [5, 5.41) is 0. The standard InChI is InChI=1S/C33H60O12/c1-3-32(2)31-44-28-27-42-24-23-40-20-19-38-16-15-36-12-11-34-9-10-35-13-14-37-17-18-39-21-22-41-25-26-43-29-30-45-33-7-5-4-6-8-33/h4-8,32H,3,9-31H2,1-2H3. The fraction of sp³-hybridized carbons (Fsp3) is 0.818. The van der Waals surface area contributed by atoms with Crippen LogP contribution in [0.5, 0.6) is 5.75 Å². The fourth-order valence-electron chi connectivity index (χ4n) is 3.34. The zero-order valence-electron chi connectivity index (χ0n) is 27.8. The Morgan fingerprint density at radius 1 is 0.378 bits per heavy atom. The lowest BCUT2D eigenvalue weighted by molar-refractivity contribution is -0.0280. The SMILES string of the molecule is CCC(C)COCCOCCOCCOCCOCCOCCOCCOCCOCCOCCOCCOc1ccccc1. The number of hydrogen-bond acceptors (Lipinski definition) is 12. The molecule has 1 aromatic carbocycles. The van der Waals surface area contributed by atoms with Gasteiger partial charge in [0.1, 0.15) is 12.4 Å². The second kappa shape index (κ2) is 35.4. The van der Waals surface area contributed by atoms with Crippen molar-refractivity contribution in [1.82, 2.24) is 0 Å². The summed E-state index contributed by atoms with van der Waals surface area (Å²) in [7, 11) is 0. The first-order valence-electron chi connectivity index (χ1n) is 16.4. The minimum Gasteiger partial charge on any atom is -0.491 e. The average molecular weight is 649 g/mol. The van der Waals surface area contributed by atoms with E-state index in [1.807, 2.05) is 30.3 Å². The smallest absolute Gasteiger partial charge is 0.119 e. The van der Waals surface area contributed by atoms with Crippen molar-refractivity contribution in [2.75, 3.05) is 152 Å². The Labute approximate surface area is 271 Å². The Hall–Kier alpha value is -1.42. The molecule has 12 nitrogen and oxygen atoms in total. The molecule has 1 rings (SSSR count). The summed E-state index contributed by atoms with van der Waals surface area (Å²) < 4.78 is 65.9. The van der Waals surface area contributed by atoms with E-state index in [0.29, 0.717) is 151 Å². The van der Waals surface area contributed by atoms with Gasteiger partial charge in [-0.2, -0.15) is 0 Å². The van der Waals surface area contributed by atoms with Crippen molar-refractivity contribution in [3.8, 4) is 5.75 Å². The van der Waals surface area contributed by atoms with Gasteiger partial charge < -0.3 is 56.8 Å². The summed E-state index contributed by atoms with van der Waals surface area (Å²) in [4.78, 5) is 0. The number of ether oxygens (including phenoxy) is 12. The maximum absolute atomic E-state index is 5.55. The molecule has 0 aliphatic carbocycles. The van der Waals surface area contributed by atoms with Crippen LogP contribution in [0.4, 0.5) is 0 Å². The van der Waals surface area contributed by atoms with E-state index >= 15 is 0 Å². The largest absolute Gasteiger partial charge is 0.491 e. The lowest BCUT2D eigenvalue weighted by Crippen LogP contribution is -2.15. The van der Waals surface area contributed by atoms with Crippen molar-refractivity contribution < 1.29 is 56.8 Å². The molecular weight excluding hydrogens is 588 g/mol. The third-order valence-corrected chi connectivity index (χ3v) is 6.06. The van der Waals surface area contributed by atoms with Crippen molar-refractivity contribution in [3.63, 3.8) is 0 Å². The third kappa shape index (κ3) is 32.3. The van der Waals surface area contributed by atoms with Crippen LogP contribution in [-0.4, -0.2) is 152 Å². The lowest BCUT2D eigenvalue weighted by atomic mass is 10.1. The van der Waals surface area contributed by atoms with Crippen LogP contribution < -0.4 is 4.74 Å². The molecule has 0 bridgehead atoms. The quantitative estimate of drug-likeness (QED) is 0.0988. The summed E-state index contributed by atoms with van der Waals surface area (Å²) in [5.41, 5.74) is 0. The topological polar surface area (TPSA) is 111 Å². The highest BCUT2D eigenvalue weighted by atomic mass is 16.6. The Morgan fingerprint density at radius 2 is 0.644 bits per heavy atom. The lowest BCUT2D eigenvalue weighted by Gasteiger charge is -2.10. The summed E-state index contributed by atoms with van der Waals surface area (Å²) in [6.45, 7) is 16.9. The van der Waals surface area contributed by atoms with Crippen LogP contribution in [0, 0.1) is 5.92 Å². The summed E-state index contributed by atoms with van der Waals surface area (Å²) in [6, 6.07) is 9.68. The van der Waals surface area contributed by atoms with E-state index < -0.39 is 0 Å². The summed E-state index contributed by atoms with van der Waals surface area (Å²) in [6.07, 6.45) is 1.13. The molecular formula is C33H60O12. The number of benzene rings is 1. The minimum atomic E-state index is 0.515. The molecule has 0 saturated heterocycles. The molecule has 0 spiro atoms. The average Bonchev–Trinajstić information content (AvgIpc) is 3.06. The minimum absolute atomic E-state index is 0.515. The molecule has 12 heteroatoms. The molecule has 0 N–H and O–H groups in total. The zero-order valence-corrected chi connectivity index (χ0v) is 27.8. The van der Waals surface area contributed by atoms with E-state index in [4.69, 9.17) is 56.8 Å². The Balaban J connectivity index is 1.61. The molecule has 1 aromatic rings. The molecule has 0 aromatic heterocycles. The van der Waals surface area contributed by atoms with Crippen LogP contribution in [0.15, 0.2) is 30.3 Å². The number of para-hydroxylation sites is 1. The Kier molecular flexibility index (Phi) is 32.8. The highest BCUT2D eigenvalue weighted by molar-refractivity contribution is 5.20. The molecule has 0 saturated carbocycles. The van der Waals surface area contributed by atoms with Crippen LogP contribution >= 0.6 is 0 Å². The van der Waals surface area contributed by atoms with E-state index in [0.717, 1.165) is 18.8 Å². The van der Waals surface area contributed by atoms with Gasteiger partial charge in [0.15, 0.2) is 0 Å². The second-order valence-electron chi connectivity index (χ2n) is 9.87. The van der Waals surface area contributed by atoms with Gasteiger partial charge in [-0.3, -0.25) is 0 Å². The van der Waals surface area contributed by atoms with Gasteiger partial charge in [-0.15, -0.1) is 0 Å². The maximum Gasteiger partial charge on any atom is 0.119 e. The molecule has 264 valence electrons. The van der Waals surface area contributed by atoms with E-state index in [-0.39, 0.29) is 0 Å². The van der Waals surface area contributed by atoms with Crippen molar-refractivity contribution >= 4 is 0 Å². The van der Waals surface area contributed by atoms with Gasteiger partial charge in [-0.1, -0.05) is 38.5 Å². The molecule has 45 heavy (non-hydrogen) atoms. The maximum atomic E-state index is 5.55. The molecule has 0 amide bonds. The second-order valence-corrected chi connectivity index (χ2v) is 9.87. The van der Waals surface area contributed by atoms with Gasteiger partial charge in [0.2, 0.25) is 0 Å². The van der Waals surface area contributed by atoms with Crippen LogP contribution in [0.3, 0.4) is 0 Å². The Morgan fingerprint density at radius 3 is 0.933 bits per heavy atom. The van der Waals surface area contributed by atoms with Gasteiger partial charge in [0, 0.05) is 6.61 Å². The van der Waals surface area contributed by atoms with E-state index in [2.05, 4.69) is 13.8 Å². The molecule has 0 heterocycles. The highest BCUT2D eigenvalue weighted by Gasteiger charge is 1.99. The first-order valence-corrected chi connectivity index (χ1v) is 16.4. The predicted octanol–water partition coefficient (Wildman–Crippen LogP) is 3.29. The van der Waals surface area contributed by atoms with E-state index in [1.54, 1.807) is 0 Å². The van der Waals surface area contributed by atoms with Crippen molar-refractivity contribution in [2.24, 2.45) is 5.92 Å². The van der Waals surface area contributed by atoms with Gasteiger partial charge >= 0.3 is 0 Å². The number of rotatable bonds is 37. The van der Waals surface area contributed by atoms with E-state index in [1.165, 1.54) is 0 Å². The van der Waals surface area contributed by atoms with Gasteiger partial charge in [-0.25, -0.2) is 0 Å². The summed E-state index contributed by atoms with van der Waals surface area (Å²) in [5.74, 6) is 1.44. The van der Waals surface area contributed by atoms with Crippen molar-refractivity contribution in [1.29, 1.82) is 0 Å². The summed E-state index contributed by atoms with van der Waals surface area (Å²) >= 11 is 0. The van der Waals surface area contributed by atoms with Gasteiger partial charge in [0.25, 0.3) is 0 Å². The molecule has 1 unspecified atom stereocenters.